The van der Waals surface area contributed by atoms with Crippen molar-refractivity contribution in [2.75, 3.05) is 13.2 Å². The van der Waals surface area contributed by atoms with Gasteiger partial charge >= 0.3 is 0 Å². The van der Waals surface area contributed by atoms with Crippen LogP contribution in [-0.4, -0.2) is 13.2 Å². The van der Waals surface area contributed by atoms with Gasteiger partial charge in [-0.15, -0.1) is 0 Å². The van der Waals surface area contributed by atoms with Crippen LogP contribution in [0.2, 0.25) is 0 Å². The van der Waals surface area contributed by atoms with Crippen molar-refractivity contribution in [1.82, 2.24) is 0 Å². The second-order valence-corrected chi connectivity index (χ2v) is 3.73. The summed E-state index contributed by atoms with van der Waals surface area (Å²) in [6, 6.07) is 2.19. The number of rotatable bonds is 3. The second-order valence-electron chi connectivity index (χ2n) is 3.73. The highest BCUT2D eigenvalue weighted by Gasteiger charge is 2.08. The average Bonchev–Trinajstić information content (AvgIpc) is 2.15. The molecule has 1 rings (SSSR count). The number of benzene rings is 1. The lowest BCUT2D eigenvalue weighted by atomic mass is 10.0. The molecule has 1 aromatic carbocycles. The van der Waals surface area contributed by atoms with Gasteiger partial charge in [0.1, 0.15) is 12.4 Å². The van der Waals surface area contributed by atoms with Crippen molar-refractivity contribution in [2.24, 2.45) is 5.73 Å². The van der Waals surface area contributed by atoms with Gasteiger partial charge in [0.15, 0.2) is 0 Å². The third-order valence-electron chi connectivity index (χ3n) is 2.66. The van der Waals surface area contributed by atoms with Gasteiger partial charge in [-0.05, 0) is 49.9 Å². The maximum Gasteiger partial charge on any atom is 0.125 e. The minimum absolute atomic E-state index is 0.561. The SMILES string of the molecule is Cc1cc(C)c(C)c(OCCN)c1C. The number of ether oxygens (including phenoxy) is 1. The molecule has 0 spiro atoms. The fourth-order valence-corrected chi connectivity index (χ4v) is 1.56. The molecule has 0 aliphatic carbocycles. The molecule has 0 saturated heterocycles. The van der Waals surface area contributed by atoms with Crippen LogP contribution in [0.5, 0.6) is 5.75 Å². The number of hydrogen-bond acceptors (Lipinski definition) is 2. The standard InChI is InChI=1S/C12H19NO/c1-8-7-9(2)11(4)12(10(8)3)14-6-5-13/h7H,5-6,13H2,1-4H3. The normalized spacial score (nSPS) is 10.4. The summed E-state index contributed by atoms with van der Waals surface area (Å²) in [6.07, 6.45) is 0. The van der Waals surface area contributed by atoms with Crippen LogP contribution in [0.25, 0.3) is 0 Å². The van der Waals surface area contributed by atoms with Gasteiger partial charge < -0.3 is 10.5 Å². The van der Waals surface area contributed by atoms with Crippen LogP contribution in [-0.2, 0) is 0 Å². The van der Waals surface area contributed by atoms with E-state index in [0.717, 1.165) is 5.75 Å². The summed E-state index contributed by atoms with van der Waals surface area (Å²) in [6.45, 7) is 9.55. The molecule has 0 saturated carbocycles. The van der Waals surface area contributed by atoms with Crippen molar-refractivity contribution in [3.05, 3.63) is 28.3 Å². The quantitative estimate of drug-likeness (QED) is 0.799. The lowest BCUT2D eigenvalue weighted by Gasteiger charge is -2.15. The van der Waals surface area contributed by atoms with Gasteiger partial charge in [0.2, 0.25) is 0 Å². The van der Waals surface area contributed by atoms with Crippen molar-refractivity contribution >= 4 is 0 Å². The number of nitrogens with two attached hydrogens (primary N) is 1. The first kappa shape index (κ1) is 11.1. The van der Waals surface area contributed by atoms with Crippen molar-refractivity contribution in [3.63, 3.8) is 0 Å². The van der Waals surface area contributed by atoms with Crippen LogP contribution in [0.1, 0.15) is 22.3 Å². The zero-order valence-corrected chi connectivity index (χ0v) is 9.48. The van der Waals surface area contributed by atoms with E-state index in [2.05, 4.69) is 33.8 Å². The van der Waals surface area contributed by atoms with E-state index < -0.39 is 0 Å². The molecule has 0 atom stereocenters. The van der Waals surface area contributed by atoms with Crippen LogP contribution in [0, 0.1) is 27.7 Å². The third kappa shape index (κ3) is 2.07. The molecule has 0 amide bonds. The molecule has 0 unspecified atom stereocenters. The van der Waals surface area contributed by atoms with E-state index >= 15 is 0 Å². The molecule has 0 heterocycles. The van der Waals surface area contributed by atoms with Gasteiger partial charge in [0.05, 0.1) is 0 Å². The monoisotopic (exact) mass is 193 g/mol. The van der Waals surface area contributed by atoms with E-state index in [1.807, 2.05) is 0 Å². The lowest BCUT2D eigenvalue weighted by molar-refractivity contribution is 0.323. The van der Waals surface area contributed by atoms with E-state index in [9.17, 15) is 0 Å². The summed E-state index contributed by atoms with van der Waals surface area (Å²) in [7, 11) is 0. The Balaban J connectivity index is 3.11. The topological polar surface area (TPSA) is 35.2 Å². The highest BCUT2D eigenvalue weighted by Crippen LogP contribution is 2.28. The second kappa shape index (κ2) is 4.47. The average molecular weight is 193 g/mol. The maximum atomic E-state index is 5.65. The number of hydrogen-bond donors (Lipinski definition) is 1. The molecule has 1 aromatic rings. The van der Waals surface area contributed by atoms with Crippen molar-refractivity contribution in [3.8, 4) is 5.75 Å². The van der Waals surface area contributed by atoms with Crippen LogP contribution in [0.15, 0.2) is 6.07 Å². The fourth-order valence-electron chi connectivity index (χ4n) is 1.56. The minimum atomic E-state index is 0.561. The van der Waals surface area contributed by atoms with E-state index in [1.54, 1.807) is 0 Å². The molecule has 2 heteroatoms. The summed E-state index contributed by atoms with van der Waals surface area (Å²) in [5, 5.41) is 0. The highest BCUT2D eigenvalue weighted by molar-refractivity contribution is 5.48. The summed E-state index contributed by atoms with van der Waals surface area (Å²) in [4.78, 5) is 0. The van der Waals surface area contributed by atoms with E-state index in [1.165, 1.54) is 22.3 Å². The molecular weight excluding hydrogens is 174 g/mol. The predicted octanol–water partition coefficient (Wildman–Crippen LogP) is 2.26. The Morgan fingerprint density at radius 2 is 1.57 bits per heavy atom. The van der Waals surface area contributed by atoms with Crippen molar-refractivity contribution in [1.29, 1.82) is 0 Å². The third-order valence-corrected chi connectivity index (χ3v) is 2.66. The summed E-state index contributed by atoms with van der Waals surface area (Å²) in [5.74, 6) is 1.01. The molecule has 78 valence electrons. The summed E-state index contributed by atoms with van der Waals surface area (Å²) >= 11 is 0. The Morgan fingerprint density at radius 1 is 1.07 bits per heavy atom. The first-order valence-corrected chi connectivity index (χ1v) is 4.98. The van der Waals surface area contributed by atoms with Gasteiger partial charge in [-0.1, -0.05) is 6.07 Å². The van der Waals surface area contributed by atoms with Gasteiger partial charge in [-0.2, -0.15) is 0 Å². The molecule has 0 radical (unpaired) electrons. The van der Waals surface area contributed by atoms with E-state index in [0.29, 0.717) is 13.2 Å². The Labute approximate surface area is 86.1 Å². The predicted molar refractivity (Wildman–Crippen MR) is 59.9 cm³/mol. The highest BCUT2D eigenvalue weighted by atomic mass is 16.5. The molecule has 2 nitrogen and oxygen atoms in total. The molecule has 14 heavy (non-hydrogen) atoms. The first-order chi connectivity index (χ1) is 6.57. The van der Waals surface area contributed by atoms with Gasteiger partial charge in [-0.3, -0.25) is 0 Å². The Bertz CT molecular complexity index is 305. The van der Waals surface area contributed by atoms with Crippen molar-refractivity contribution < 1.29 is 4.74 Å². The molecule has 0 aromatic heterocycles. The summed E-state index contributed by atoms with van der Waals surface area (Å²) in [5.41, 5.74) is 10.4. The van der Waals surface area contributed by atoms with Crippen LogP contribution >= 0.6 is 0 Å². The molecular formula is C12H19NO. The number of aryl methyl sites for hydroxylation is 2. The van der Waals surface area contributed by atoms with Gasteiger partial charge in [0, 0.05) is 6.54 Å². The minimum Gasteiger partial charge on any atom is -0.492 e. The maximum absolute atomic E-state index is 5.65. The molecule has 0 aliphatic rings. The summed E-state index contributed by atoms with van der Waals surface area (Å²) < 4.78 is 5.65. The Hall–Kier alpha value is -1.02. The Kier molecular flexibility index (Phi) is 3.53. The fraction of sp³-hybridized carbons (Fsp3) is 0.500. The zero-order valence-electron chi connectivity index (χ0n) is 9.48. The zero-order chi connectivity index (χ0) is 10.7. The molecule has 2 N–H and O–H groups in total. The smallest absolute Gasteiger partial charge is 0.125 e. The van der Waals surface area contributed by atoms with Crippen LogP contribution < -0.4 is 10.5 Å². The van der Waals surface area contributed by atoms with Gasteiger partial charge in [-0.25, -0.2) is 0 Å². The molecule has 0 bridgehead atoms. The Morgan fingerprint density at radius 3 is 2.00 bits per heavy atom. The molecule has 0 aliphatic heterocycles. The first-order valence-electron chi connectivity index (χ1n) is 4.98. The van der Waals surface area contributed by atoms with Crippen molar-refractivity contribution in [2.45, 2.75) is 27.7 Å². The largest absolute Gasteiger partial charge is 0.492 e. The van der Waals surface area contributed by atoms with Crippen LogP contribution in [0.4, 0.5) is 0 Å². The van der Waals surface area contributed by atoms with E-state index in [4.69, 9.17) is 10.5 Å². The molecule has 0 fully saturated rings. The lowest BCUT2D eigenvalue weighted by Crippen LogP contribution is -2.12. The van der Waals surface area contributed by atoms with Gasteiger partial charge in [0.25, 0.3) is 0 Å². The van der Waals surface area contributed by atoms with Crippen LogP contribution in [0.3, 0.4) is 0 Å². The van der Waals surface area contributed by atoms with E-state index in [-0.39, 0.29) is 0 Å².